The lowest BCUT2D eigenvalue weighted by atomic mass is 10.2. The van der Waals surface area contributed by atoms with Crippen molar-refractivity contribution in [3.63, 3.8) is 0 Å². The largest absolute Gasteiger partial charge is 0.369 e. The predicted molar refractivity (Wildman–Crippen MR) is 125 cm³/mol. The quantitative estimate of drug-likeness (QED) is 0.667. The van der Waals surface area contributed by atoms with Gasteiger partial charge in [-0.2, -0.15) is 4.31 Å². The van der Waals surface area contributed by atoms with Crippen molar-refractivity contribution in [2.75, 3.05) is 47.5 Å². The van der Waals surface area contributed by atoms with E-state index in [0.29, 0.717) is 37.6 Å². The number of aryl methyl sites for hydroxylation is 1. The molecule has 1 heterocycles. The summed E-state index contributed by atoms with van der Waals surface area (Å²) in [5, 5.41) is 5.45. The van der Waals surface area contributed by atoms with Gasteiger partial charge in [0.05, 0.1) is 0 Å². The van der Waals surface area contributed by atoms with Crippen LogP contribution < -0.4 is 15.5 Å². The summed E-state index contributed by atoms with van der Waals surface area (Å²) in [5.74, 6) is -1.17. The summed E-state index contributed by atoms with van der Waals surface area (Å²) < 4.78 is 26.9. The van der Waals surface area contributed by atoms with E-state index < -0.39 is 21.7 Å². The molecule has 1 saturated carbocycles. The van der Waals surface area contributed by atoms with Crippen LogP contribution >= 0.6 is 0 Å². The lowest BCUT2D eigenvalue weighted by Crippen LogP contribution is -2.50. The second-order valence-corrected chi connectivity index (χ2v) is 10.3. The number of anilines is 3. The first kappa shape index (κ1) is 22.3. The molecule has 8 nitrogen and oxygen atoms in total. The Balaban J connectivity index is 1.30. The molecule has 2 amide bonds. The minimum Gasteiger partial charge on any atom is -0.369 e. The Hall–Kier alpha value is -2.91. The Bertz CT molecular complexity index is 1110. The number of rotatable bonds is 7. The summed E-state index contributed by atoms with van der Waals surface area (Å²) in [6, 6.07) is 14.9. The average molecular weight is 457 g/mol. The second kappa shape index (κ2) is 9.30. The molecule has 2 aliphatic rings. The zero-order valence-corrected chi connectivity index (χ0v) is 18.9. The minimum atomic E-state index is -3.72. The van der Waals surface area contributed by atoms with E-state index in [4.69, 9.17) is 0 Å². The normalized spacial score (nSPS) is 17.1. The van der Waals surface area contributed by atoms with Crippen molar-refractivity contribution in [2.24, 2.45) is 5.92 Å². The van der Waals surface area contributed by atoms with Gasteiger partial charge in [0.25, 0.3) is 0 Å². The third-order valence-electron chi connectivity index (χ3n) is 5.67. The van der Waals surface area contributed by atoms with E-state index in [9.17, 15) is 18.0 Å². The lowest BCUT2D eigenvalue weighted by Gasteiger charge is -2.35. The maximum absolute atomic E-state index is 12.8. The lowest BCUT2D eigenvalue weighted by molar-refractivity contribution is -0.117. The Labute approximate surface area is 188 Å². The van der Waals surface area contributed by atoms with Gasteiger partial charge in [0.1, 0.15) is 5.75 Å². The van der Waals surface area contributed by atoms with E-state index >= 15 is 0 Å². The molecular weight excluding hydrogens is 428 g/mol. The molecule has 2 fully saturated rings. The van der Waals surface area contributed by atoms with Gasteiger partial charge in [-0.25, -0.2) is 8.42 Å². The Morgan fingerprint density at radius 2 is 1.59 bits per heavy atom. The first-order valence-corrected chi connectivity index (χ1v) is 12.4. The van der Waals surface area contributed by atoms with Crippen molar-refractivity contribution < 1.29 is 18.0 Å². The first-order chi connectivity index (χ1) is 15.3. The fourth-order valence-corrected chi connectivity index (χ4v) is 5.07. The second-order valence-electron chi connectivity index (χ2n) is 8.37. The third-order valence-corrected chi connectivity index (χ3v) is 7.45. The van der Waals surface area contributed by atoms with Crippen LogP contribution in [0, 0.1) is 12.8 Å². The third kappa shape index (κ3) is 5.66. The summed E-state index contributed by atoms with van der Waals surface area (Å²) in [7, 11) is -3.72. The Morgan fingerprint density at radius 1 is 0.938 bits per heavy atom. The number of carbonyl (C=O) groups excluding carboxylic acids is 2. The van der Waals surface area contributed by atoms with Crippen LogP contribution in [0.1, 0.15) is 18.4 Å². The standard InChI is InChI=1S/C23H28N4O4S/c1-17-4-2-7-21(14-17)26-10-12-27(13-11-26)32(30,31)16-22(28)24-19-5-3-6-20(15-19)25-23(29)18-8-9-18/h2-7,14-15,18H,8-13,16H2,1H3,(H,24,28)(H,25,29). The molecule has 0 bridgehead atoms. The summed E-state index contributed by atoms with van der Waals surface area (Å²) in [5.41, 5.74) is 3.26. The molecule has 2 aromatic carbocycles. The molecule has 4 rings (SSSR count). The van der Waals surface area contributed by atoms with Crippen LogP contribution in [0.15, 0.2) is 48.5 Å². The number of nitrogens with zero attached hydrogens (tertiary/aromatic N) is 2. The first-order valence-electron chi connectivity index (χ1n) is 10.8. The number of hydrogen-bond donors (Lipinski definition) is 2. The Kier molecular flexibility index (Phi) is 6.48. The van der Waals surface area contributed by atoms with Gasteiger partial charge in [0, 0.05) is 49.2 Å². The SMILES string of the molecule is Cc1cccc(N2CCN(S(=O)(=O)CC(=O)Nc3cccc(NC(=O)C4CC4)c3)CC2)c1. The minimum absolute atomic E-state index is 0.0270. The van der Waals surface area contributed by atoms with Gasteiger partial charge in [0.2, 0.25) is 21.8 Å². The van der Waals surface area contributed by atoms with Crippen LogP contribution in [0.5, 0.6) is 0 Å². The molecule has 0 aromatic heterocycles. The van der Waals surface area contributed by atoms with E-state index in [1.807, 2.05) is 25.1 Å². The van der Waals surface area contributed by atoms with Gasteiger partial charge in [-0.1, -0.05) is 18.2 Å². The predicted octanol–water partition coefficient (Wildman–Crippen LogP) is 2.43. The molecule has 0 unspecified atom stereocenters. The molecule has 32 heavy (non-hydrogen) atoms. The highest BCUT2D eigenvalue weighted by atomic mass is 32.2. The number of piperazine rings is 1. The fraction of sp³-hybridized carbons (Fsp3) is 0.391. The summed E-state index contributed by atoms with van der Waals surface area (Å²) in [4.78, 5) is 26.5. The number of benzene rings is 2. The van der Waals surface area contributed by atoms with Gasteiger partial charge in [-0.15, -0.1) is 0 Å². The molecule has 9 heteroatoms. The molecule has 0 radical (unpaired) electrons. The topological polar surface area (TPSA) is 98.8 Å². The fourth-order valence-electron chi connectivity index (χ4n) is 3.77. The average Bonchev–Trinajstić information content (AvgIpc) is 3.59. The number of hydrogen-bond acceptors (Lipinski definition) is 5. The van der Waals surface area contributed by atoms with Crippen LogP contribution in [0.25, 0.3) is 0 Å². The van der Waals surface area contributed by atoms with Crippen LogP contribution in [-0.4, -0.2) is 56.5 Å². The van der Waals surface area contributed by atoms with E-state index in [2.05, 4.69) is 21.6 Å². The summed E-state index contributed by atoms with van der Waals surface area (Å²) >= 11 is 0. The van der Waals surface area contributed by atoms with Crippen molar-refractivity contribution in [2.45, 2.75) is 19.8 Å². The molecule has 170 valence electrons. The van der Waals surface area contributed by atoms with E-state index in [0.717, 1.165) is 24.1 Å². The molecule has 2 N–H and O–H groups in total. The molecule has 0 atom stereocenters. The van der Waals surface area contributed by atoms with E-state index in [1.54, 1.807) is 24.3 Å². The van der Waals surface area contributed by atoms with Gasteiger partial charge in [-0.3, -0.25) is 9.59 Å². The highest BCUT2D eigenvalue weighted by molar-refractivity contribution is 7.89. The smallest absolute Gasteiger partial charge is 0.241 e. The summed E-state index contributed by atoms with van der Waals surface area (Å²) in [6.45, 7) is 3.86. The van der Waals surface area contributed by atoms with Crippen LogP contribution in [0.3, 0.4) is 0 Å². The van der Waals surface area contributed by atoms with Crippen LogP contribution in [0.4, 0.5) is 17.1 Å². The van der Waals surface area contributed by atoms with Crippen molar-refractivity contribution in [3.8, 4) is 0 Å². The molecule has 1 saturated heterocycles. The number of nitrogens with one attached hydrogen (secondary N) is 2. The maximum Gasteiger partial charge on any atom is 0.241 e. The molecule has 1 aliphatic heterocycles. The van der Waals surface area contributed by atoms with Crippen molar-refractivity contribution in [1.29, 1.82) is 0 Å². The number of carbonyl (C=O) groups is 2. The van der Waals surface area contributed by atoms with Crippen molar-refractivity contribution in [1.82, 2.24) is 4.31 Å². The number of amides is 2. The van der Waals surface area contributed by atoms with Gasteiger partial charge < -0.3 is 15.5 Å². The van der Waals surface area contributed by atoms with Crippen LogP contribution in [0.2, 0.25) is 0 Å². The zero-order valence-electron chi connectivity index (χ0n) is 18.1. The highest BCUT2D eigenvalue weighted by Crippen LogP contribution is 2.30. The van der Waals surface area contributed by atoms with Gasteiger partial charge >= 0.3 is 0 Å². The van der Waals surface area contributed by atoms with E-state index in [-0.39, 0.29) is 11.8 Å². The van der Waals surface area contributed by atoms with Crippen molar-refractivity contribution in [3.05, 3.63) is 54.1 Å². The van der Waals surface area contributed by atoms with Crippen LogP contribution in [-0.2, 0) is 19.6 Å². The summed E-state index contributed by atoms with van der Waals surface area (Å²) in [6.07, 6.45) is 1.80. The molecular formula is C23H28N4O4S. The molecule has 1 aliphatic carbocycles. The molecule has 0 spiro atoms. The van der Waals surface area contributed by atoms with E-state index in [1.165, 1.54) is 4.31 Å². The van der Waals surface area contributed by atoms with Crippen molar-refractivity contribution >= 4 is 38.9 Å². The van der Waals surface area contributed by atoms with Gasteiger partial charge in [0.15, 0.2) is 0 Å². The highest BCUT2D eigenvalue weighted by Gasteiger charge is 2.30. The molecule has 2 aromatic rings. The maximum atomic E-state index is 12.8. The van der Waals surface area contributed by atoms with Gasteiger partial charge in [-0.05, 0) is 55.7 Å². The Morgan fingerprint density at radius 3 is 2.25 bits per heavy atom. The monoisotopic (exact) mass is 456 g/mol. The number of sulfonamides is 1. The zero-order chi connectivity index (χ0) is 22.7.